The molecule has 110 valence electrons. The Morgan fingerprint density at radius 2 is 1.76 bits per heavy atom. The number of carbonyl (C=O) groups is 1. The smallest absolute Gasteiger partial charge is 0.305 e. The molecule has 0 unspecified atom stereocenters. The molecule has 0 bridgehead atoms. The number of hydrogen-bond acceptors (Lipinski definition) is 3. The molecular formula is C17H19NO3. The summed E-state index contributed by atoms with van der Waals surface area (Å²) in [7, 11) is 0. The highest BCUT2D eigenvalue weighted by molar-refractivity contribution is 5.67. The SMILES string of the molecule is Cc1ccc(N(CCC(=O)O)Cc2ccccc2O)cc1. The molecule has 0 spiro atoms. The Bertz CT molecular complexity index is 608. The number of carboxylic acid groups (broad SMARTS) is 1. The molecule has 0 radical (unpaired) electrons. The Hall–Kier alpha value is -2.49. The van der Waals surface area contributed by atoms with Gasteiger partial charge in [0.1, 0.15) is 5.75 Å². The van der Waals surface area contributed by atoms with Crippen molar-refractivity contribution in [3.8, 4) is 5.75 Å². The van der Waals surface area contributed by atoms with Crippen LogP contribution in [0.4, 0.5) is 5.69 Å². The predicted molar refractivity (Wildman–Crippen MR) is 82.6 cm³/mol. The first-order chi connectivity index (χ1) is 10.1. The van der Waals surface area contributed by atoms with Gasteiger partial charge in [-0.15, -0.1) is 0 Å². The van der Waals surface area contributed by atoms with Gasteiger partial charge < -0.3 is 15.1 Å². The summed E-state index contributed by atoms with van der Waals surface area (Å²) in [5.41, 5.74) is 2.88. The lowest BCUT2D eigenvalue weighted by molar-refractivity contribution is -0.136. The van der Waals surface area contributed by atoms with Crippen LogP contribution in [0, 0.1) is 6.92 Å². The van der Waals surface area contributed by atoms with E-state index in [0.717, 1.165) is 16.8 Å². The third kappa shape index (κ3) is 4.24. The molecule has 0 amide bonds. The minimum Gasteiger partial charge on any atom is -0.508 e. The van der Waals surface area contributed by atoms with Crippen molar-refractivity contribution in [2.75, 3.05) is 11.4 Å². The number of phenolic OH excluding ortho intramolecular Hbond substituents is 1. The number of para-hydroxylation sites is 1. The molecule has 0 aliphatic carbocycles. The van der Waals surface area contributed by atoms with Crippen LogP contribution in [0.2, 0.25) is 0 Å². The van der Waals surface area contributed by atoms with Crippen molar-refractivity contribution in [2.45, 2.75) is 19.9 Å². The number of aliphatic carboxylic acids is 1. The molecular weight excluding hydrogens is 266 g/mol. The number of hydrogen-bond donors (Lipinski definition) is 2. The van der Waals surface area contributed by atoms with Crippen molar-refractivity contribution in [3.63, 3.8) is 0 Å². The van der Waals surface area contributed by atoms with Gasteiger partial charge in [0.15, 0.2) is 0 Å². The minimum atomic E-state index is -0.829. The predicted octanol–water partition coefficient (Wildman–Crippen LogP) is 3.18. The highest BCUT2D eigenvalue weighted by Gasteiger charge is 2.11. The Morgan fingerprint density at radius 1 is 1.10 bits per heavy atom. The van der Waals surface area contributed by atoms with Crippen LogP contribution in [0.3, 0.4) is 0 Å². The molecule has 0 aliphatic heterocycles. The molecule has 4 nitrogen and oxygen atoms in total. The van der Waals surface area contributed by atoms with Crippen molar-refractivity contribution >= 4 is 11.7 Å². The molecule has 2 aromatic carbocycles. The molecule has 0 aromatic heterocycles. The Balaban J connectivity index is 2.21. The summed E-state index contributed by atoms with van der Waals surface area (Å²) in [4.78, 5) is 12.8. The first-order valence-electron chi connectivity index (χ1n) is 6.86. The molecule has 0 atom stereocenters. The number of aryl methyl sites for hydroxylation is 1. The lowest BCUT2D eigenvalue weighted by atomic mass is 10.1. The van der Waals surface area contributed by atoms with E-state index < -0.39 is 5.97 Å². The zero-order chi connectivity index (χ0) is 15.2. The molecule has 4 heteroatoms. The lowest BCUT2D eigenvalue weighted by Gasteiger charge is -2.25. The molecule has 0 saturated heterocycles. The maximum atomic E-state index is 10.8. The highest BCUT2D eigenvalue weighted by atomic mass is 16.4. The van der Waals surface area contributed by atoms with Crippen LogP contribution in [-0.2, 0) is 11.3 Å². The summed E-state index contributed by atoms with van der Waals surface area (Å²) in [6, 6.07) is 15.0. The number of benzene rings is 2. The summed E-state index contributed by atoms with van der Waals surface area (Å²) in [6.07, 6.45) is 0.0570. The second kappa shape index (κ2) is 6.79. The zero-order valence-corrected chi connectivity index (χ0v) is 12.0. The quantitative estimate of drug-likeness (QED) is 0.855. The molecule has 21 heavy (non-hydrogen) atoms. The van der Waals surface area contributed by atoms with E-state index in [-0.39, 0.29) is 12.2 Å². The van der Waals surface area contributed by atoms with E-state index in [4.69, 9.17) is 5.11 Å². The van der Waals surface area contributed by atoms with E-state index >= 15 is 0 Å². The van der Waals surface area contributed by atoms with Gasteiger partial charge in [0, 0.05) is 24.3 Å². The summed E-state index contributed by atoms with van der Waals surface area (Å²) >= 11 is 0. The average Bonchev–Trinajstić information content (AvgIpc) is 2.46. The number of aromatic hydroxyl groups is 1. The monoisotopic (exact) mass is 285 g/mol. The van der Waals surface area contributed by atoms with Crippen molar-refractivity contribution in [2.24, 2.45) is 0 Å². The van der Waals surface area contributed by atoms with Gasteiger partial charge in [0.2, 0.25) is 0 Å². The van der Waals surface area contributed by atoms with Gasteiger partial charge in [-0.05, 0) is 25.1 Å². The Morgan fingerprint density at radius 3 is 2.38 bits per heavy atom. The van der Waals surface area contributed by atoms with Crippen molar-refractivity contribution < 1.29 is 15.0 Å². The van der Waals surface area contributed by atoms with E-state index in [1.807, 2.05) is 48.2 Å². The van der Waals surface area contributed by atoms with Gasteiger partial charge >= 0.3 is 5.97 Å². The largest absolute Gasteiger partial charge is 0.508 e. The van der Waals surface area contributed by atoms with Gasteiger partial charge in [-0.3, -0.25) is 4.79 Å². The van der Waals surface area contributed by atoms with Gasteiger partial charge in [0.25, 0.3) is 0 Å². The average molecular weight is 285 g/mol. The van der Waals surface area contributed by atoms with E-state index in [2.05, 4.69) is 0 Å². The molecule has 0 aliphatic rings. The Labute approximate surface area is 124 Å². The van der Waals surface area contributed by atoms with E-state index in [9.17, 15) is 9.90 Å². The number of anilines is 1. The van der Waals surface area contributed by atoms with Crippen molar-refractivity contribution in [1.29, 1.82) is 0 Å². The Kier molecular flexibility index (Phi) is 4.82. The fourth-order valence-electron chi connectivity index (χ4n) is 2.14. The number of rotatable bonds is 6. The van der Waals surface area contributed by atoms with Crippen molar-refractivity contribution in [3.05, 3.63) is 59.7 Å². The maximum Gasteiger partial charge on any atom is 0.305 e. The standard InChI is InChI=1S/C17H19NO3/c1-13-6-8-15(9-7-13)18(11-10-17(20)21)12-14-4-2-3-5-16(14)19/h2-9,19H,10-12H2,1H3,(H,20,21). The fraction of sp³-hybridized carbons (Fsp3) is 0.235. The summed E-state index contributed by atoms with van der Waals surface area (Å²) in [5, 5.41) is 18.8. The fourth-order valence-corrected chi connectivity index (χ4v) is 2.14. The van der Waals surface area contributed by atoms with Crippen LogP contribution in [-0.4, -0.2) is 22.7 Å². The second-order valence-electron chi connectivity index (χ2n) is 5.03. The maximum absolute atomic E-state index is 10.8. The lowest BCUT2D eigenvalue weighted by Crippen LogP contribution is -2.25. The molecule has 0 fully saturated rings. The second-order valence-corrected chi connectivity index (χ2v) is 5.03. The molecule has 2 N–H and O–H groups in total. The minimum absolute atomic E-state index is 0.0570. The van der Waals surface area contributed by atoms with Gasteiger partial charge in [-0.1, -0.05) is 35.9 Å². The molecule has 2 rings (SSSR count). The third-order valence-corrected chi connectivity index (χ3v) is 3.35. The zero-order valence-electron chi connectivity index (χ0n) is 12.0. The van der Waals surface area contributed by atoms with Crippen LogP contribution in [0.25, 0.3) is 0 Å². The first-order valence-corrected chi connectivity index (χ1v) is 6.86. The van der Waals surface area contributed by atoms with Crippen LogP contribution in [0.15, 0.2) is 48.5 Å². The third-order valence-electron chi connectivity index (χ3n) is 3.35. The van der Waals surface area contributed by atoms with E-state index in [1.165, 1.54) is 0 Å². The van der Waals surface area contributed by atoms with E-state index in [0.29, 0.717) is 13.1 Å². The first kappa shape index (κ1) is 14.9. The van der Waals surface area contributed by atoms with E-state index in [1.54, 1.807) is 12.1 Å². The van der Waals surface area contributed by atoms with Gasteiger partial charge in [-0.2, -0.15) is 0 Å². The normalized spacial score (nSPS) is 10.3. The van der Waals surface area contributed by atoms with Gasteiger partial charge in [-0.25, -0.2) is 0 Å². The summed E-state index contributed by atoms with van der Waals surface area (Å²) < 4.78 is 0. The molecule has 0 heterocycles. The van der Waals surface area contributed by atoms with Crippen molar-refractivity contribution in [1.82, 2.24) is 0 Å². The number of nitrogens with zero attached hydrogens (tertiary/aromatic N) is 1. The topological polar surface area (TPSA) is 60.8 Å². The van der Waals surface area contributed by atoms with Crippen LogP contribution < -0.4 is 4.90 Å². The number of phenols is 1. The summed E-state index contributed by atoms with van der Waals surface area (Å²) in [6.45, 7) is 2.88. The van der Waals surface area contributed by atoms with Crippen LogP contribution in [0.1, 0.15) is 17.5 Å². The highest BCUT2D eigenvalue weighted by Crippen LogP contribution is 2.23. The van der Waals surface area contributed by atoms with Crippen LogP contribution >= 0.6 is 0 Å². The summed E-state index contributed by atoms with van der Waals surface area (Å²) in [5.74, 6) is -0.602. The van der Waals surface area contributed by atoms with Crippen LogP contribution in [0.5, 0.6) is 5.75 Å². The number of carboxylic acids is 1. The van der Waals surface area contributed by atoms with Gasteiger partial charge in [0.05, 0.1) is 6.42 Å². The molecule has 2 aromatic rings. The molecule has 0 saturated carbocycles.